The molecule has 1 aromatic carbocycles. The van der Waals surface area contributed by atoms with Crippen LogP contribution in [0.4, 0.5) is 9.18 Å². The van der Waals surface area contributed by atoms with Gasteiger partial charge in [0.25, 0.3) is 0 Å². The van der Waals surface area contributed by atoms with E-state index < -0.39 is 17.0 Å². The molecule has 2 aliphatic heterocycles. The molecule has 0 aliphatic carbocycles. The summed E-state index contributed by atoms with van der Waals surface area (Å²) in [6, 6.07) is 5.69. The van der Waals surface area contributed by atoms with Crippen LogP contribution in [0.5, 0.6) is 0 Å². The molecule has 5 nitrogen and oxygen atoms in total. The average Bonchev–Trinajstić information content (AvgIpc) is 2.78. The number of halogens is 1. The molecule has 2 bridgehead atoms. The first-order valence-electron chi connectivity index (χ1n) is 8.57. The molecule has 2 unspecified atom stereocenters. The Labute approximate surface area is 147 Å². The van der Waals surface area contributed by atoms with E-state index in [1.54, 1.807) is 4.90 Å². The van der Waals surface area contributed by atoms with E-state index in [0.29, 0.717) is 0 Å². The van der Waals surface area contributed by atoms with Crippen molar-refractivity contribution in [2.75, 3.05) is 0 Å². The SMILES string of the molecule is CC(C)(C)OC(=O)N1C2CCC1CC(O)(c1ccc(C#N)cc1F)C2. The number of rotatable bonds is 1. The van der Waals surface area contributed by atoms with Gasteiger partial charge in [-0.1, -0.05) is 6.07 Å². The molecule has 2 heterocycles. The van der Waals surface area contributed by atoms with Gasteiger partial charge in [0.1, 0.15) is 11.4 Å². The minimum absolute atomic E-state index is 0.173. The quantitative estimate of drug-likeness (QED) is 0.845. The Morgan fingerprint density at radius 1 is 1.36 bits per heavy atom. The number of ether oxygens (including phenoxy) is 1. The third kappa shape index (κ3) is 3.34. The van der Waals surface area contributed by atoms with Crippen LogP contribution in [0.15, 0.2) is 18.2 Å². The Bertz CT molecular complexity index is 721. The predicted molar refractivity (Wildman–Crippen MR) is 89.1 cm³/mol. The molecule has 3 rings (SSSR count). The summed E-state index contributed by atoms with van der Waals surface area (Å²) in [5.41, 5.74) is -1.49. The lowest BCUT2D eigenvalue weighted by molar-refractivity contribution is -0.0640. The van der Waals surface area contributed by atoms with Crippen molar-refractivity contribution < 1.29 is 19.0 Å². The summed E-state index contributed by atoms with van der Waals surface area (Å²) in [5, 5.41) is 20.0. The van der Waals surface area contributed by atoms with E-state index >= 15 is 0 Å². The van der Waals surface area contributed by atoms with Crippen LogP contribution in [0.3, 0.4) is 0 Å². The number of carbonyl (C=O) groups is 1. The number of piperidine rings is 1. The molecule has 134 valence electrons. The summed E-state index contributed by atoms with van der Waals surface area (Å²) in [6.07, 6.45) is 1.70. The van der Waals surface area contributed by atoms with Gasteiger partial charge in [-0.25, -0.2) is 9.18 Å². The number of carbonyl (C=O) groups excluding carboxylic acids is 1. The number of hydrogen-bond donors (Lipinski definition) is 1. The van der Waals surface area contributed by atoms with Crippen molar-refractivity contribution >= 4 is 6.09 Å². The molecule has 2 saturated heterocycles. The maximum absolute atomic E-state index is 14.4. The highest BCUT2D eigenvalue weighted by atomic mass is 19.1. The van der Waals surface area contributed by atoms with Gasteiger partial charge in [0.05, 0.1) is 17.2 Å². The zero-order chi connectivity index (χ0) is 18.4. The molecule has 1 amide bonds. The average molecular weight is 346 g/mol. The first-order valence-corrected chi connectivity index (χ1v) is 8.57. The smallest absolute Gasteiger partial charge is 0.410 e. The lowest BCUT2D eigenvalue weighted by atomic mass is 9.80. The monoisotopic (exact) mass is 346 g/mol. The zero-order valence-corrected chi connectivity index (χ0v) is 14.8. The molecule has 0 saturated carbocycles. The maximum atomic E-state index is 14.4. The van der Waals surface area contributed by atoms with Gasteiger partial charge in [0, 0.05) is 30.5 Å². The van der Waals surface area contributed by atoms with Gasteiger partial charge in [0.2, 0.25) is 0 Å². The summed E-state index contributed by atoms with van der Waals surface area (Å²) in [7, 11) is 0. The van der Waals surface area contributed by atoms with Crippen molar-refractivity contribution in [2.24, 2.45) is 0 Å². The van der Waals surface area contributed by atoms with Crippen LogP contribution in [0.25, 0.3) is 0 Å². The van der Waals surface area contributed by atoms with E-state index in [1.165, 1.54) is 12.1 Å². The van der Waals surface area contributed by atoms with Crippen molar-refractivity contribution in [3.05, 3.63) is 35.1 Å². The molecule has 1 aromatic rings. The van der Waals surface area contributed by atoms with E-state index in [9.17, 15) is 14.3 Å². The third-order valence-electron chi connectivity index (χ3n) is 4.97. The van der Waals surface area contributed by atoms with Crippen molar-refractivity contribution in [3.63, 3.8) is 0 Å². The highest BCUT2D eigenvalue weighted by Crippen LogP contribution is 2.46. The Balaban J connectivity index is 1.84. The summed E-state index contributed by atoms with van der Waals surface area (Å²) in [5.74, 6) is -0.577. The number of amides is 1. The number of nitriles is 1. The van der Waals surface area contributed by atoms with Gasteiger partial charge >= 0.3 is 6.09 Å². The van der Waals surface area contributed by atoms with Gasteiger partial charge in [-0.05, 0) is 45.7 Å². The van der Waals surface area contributed by atoms with Crippen LogP contribution >= 0.6 is 0 Å². The Kier molecular flexibility index (Phi) is 4.24. The summed E-state index contributed by atoms with van der Waals surface area (Å²) in [4.78, 5) is 14.2. The van der Waals surface area contributed by atoms with Crippen molar-refractivity contribution in [1.29, 1.82) is 5.26 Å². The summed E-state index contributed by atoms with van der Waals surface area (Å²) < 4.78 is 19.9. The van der Waals surface area contributed by atoms with Crippen molar-refractivity contribution in [1.82, 2.24) is 4.90 Å². The minimum atomic E-state index is -1.33. The third-order valence-corrected chi connectivity index (χ3v) is 4.97. The van der Waals surface area contributed by atoms with E-state index in [2.05, 4.69) is 0 Å². The zero-order valence-electron chi connectivity index (χ0n) is 14.8. The van der Waals surface area contributed by atoms with Crippen LogP contribution in [0, 0.1) is 17.1 Å². The minimum Gasteiger partial charge on any atom is -0.444 e. The maximum Gasteiger partial charge on any atom is 0.410 e. The number of aliphatic hydroxyl groups is 1. The van der Waals surface area contributed by atoms with E-state index in [1.807, 2.05) is 26.8 Å². The molecular formula is C19H23FN2O3. The summed E-state index contributed by atoms with van der Waals surface area (Å²) >= 11 is 0. The molecule has 0 aromatic heterocycles. The molecule has 0 radical (unpaired) electrons. The lowest BCUT2D eigenvalue weighted by Crippen LogP contribution is -2.53. The van der Waals surface area contributed by atoms with E-state index in [0.717, 1.165) is 18.9 Å². The molecule has 25 heavy (non-hydrogen) atoms. The van der Waals surface area contributed by atoms with Crippen LogP contribution in [-0.4, -0.2) is 33.8 Å². The fraction of sp³-hybridized carbons (Fsp3) is 0.579. The Morgan fingerprint density at radius 3 is 2.44 bits per heavy atom. The van der Waals surface area contributed by atoms with Crippen molar-refractivity contribution in [3.8, 4) is 6.07 Å². The largest absolute Gasteiger partial charge is 0.444 e. The number of fused-ring (bicyclic) bond motifs is 2. The van der Waals surface area contributed by atoms with Crippen LogP contribution in [0.2, 0.25) is 0 Å². The molecule has 1 N–H and O–H groups in total. The highest BCUT2D eigenvalue weighted by Gasteiger charge is 2.51. The van der Waals surface area contributed by atoms with Gasteiger partial charge in [-0.15, -0.1) is 0 Å². The molecule has 2 aliphatic rings. The topological polar surface area (TPSA) is 73.6 Å². The normalized spacial score (nSPS) is 28.6. The molecule has 2 atom stereocenters. The first-order chi connectivity index (χ1) is 11.6. The molecule has 6 heteroatoms. The van der Waals surface area contributed by atoms with Crippen LogP contribution in [-0.2, 0) is 10.3 Å². The number of benzene rings is 1. The van der Waals surface area contributed by atoms with Crippen LogP contribution < -0.4 is 0 Å². The molecular weight excluding hydrogens is 323 g/mol. The fourth-order valence-electron chi connectivity index (χ4n) is 4.02. The second kappa shape index (κ2) is 5.99. The molecule has 2 fully saturated rings. The predicted octanol–water partition coefficient (Wildman–Crippen LogP) is 3.45. The van der Waals surface area contributed by atoms with Crippen LogP contribution in [0.1, 0.15) is 57.6 Å². The number of hydrogen-bond acceptors (Lipinski definition) is 4. The first kappa shape index (κ1) is 17.7. The van der Waals surface area contributed by atoms with Gasteiger partial charge in [0.15, 0.2) is 0 Å². The van der Waals surface area contributed by atoms with Gasteiger partial charge in [-0.3, -0.25) is 0 Å². The fourth-order valence-corrected chi connectivity index (χ4v) is 4.02. The standard InChI is InChI=1S/C19H23FN2O3/c1-18(2,3)25-17(23)22-13-5-6-14(22)10-19(24,9-13)15-7-4-12(11-21)8-16(15)20/h4,7-8,13-14,24H,5-6,9-10H2,1-3H3. The van der Waals surface area contributed by atoms with E-state index in [4.69, 9.17) is 10.00 Å². The number of nitrogens with zero attached hydrogens (tertiary/aromatic N) is 2. The second-order valence-corrected chi connectivity index (χ2v) is 8.02. The Morgan fingerprint density at radius 2 is 1.96 bits per heavy atom. The van der Waals surface area contributed by atoms with Gasteiger partial charge in [-0.2, -0.15) is 5.26 Å². The van der Waals surface area contributed by atoms with E-state index in [-0.39, 0.29) is 42.1 Å². The summed E-state index contributed by atoms with van der Waals surface area (Å²) in [6.45, 7) is 5.46. The molecule has 0 spiro atoms. The second-order valence-electron chi connectivity index (χ2n) is 8.02. The van der Waals surface area contributed by atoms with Gasteiger partial charge < -0.3 is 14.7 Å². The van der Waals surface area contributed by atoms with Crippen molar-refractivity contribution in [2.45, 2.75) is 69.7 Å². The Hall–Kier alpha value is -2.13. The lowest BCUT2D eigenvalue weighted by Gasteiger charge is -2.44. The highest BCUT2D eigenvalue weighted by molar-refractivity contribution is 5.70.